The summed E-state index contributed by atoms with van der Waals surface area (Å²) < 4.78 is 25.5. The molecule has 0 radical (unpaired) electrons. The van der Waals surface area contributed by atoms with Gasteiger partial charge in [0.15, 0.2) is 0 Å². The standard InChI is InChI=1S/C9H13NO3S/c1-3-10-14(12,13)9-5-4-8(11)6-7(9)2/h4-6,10-11H,3H2,1-2H3. The van der Waals surface area contributed by atoms with Crippen molar-refractivity contribution in [2.45, 2.75) is 18.7 Å². The van der Waals surface area contributed by atoms with Crippen LogP contribution in [0.5, 0.6) is 5.75 Å². The number of phenols is 1. The summed E-state index contributed by atoms with van der Waals surface area (Å²) in [5.74, 6) is 0.0675. The number of aryl methyl sites for hydroxylation is 1. The summed E-state index contributed by atoms with van der Waals surface area (Å²) in [6, 6.07) is 4.17. The minimum atomic E-state index is -3.42. The van der Waals surface area contributed by atoms with Crippen molar-refractivity contribution in [3.05, 3.63) is 23.8 Å². The summed E-state index contributed by atoms with van der Waals surface area (Å²) >= 11 is 0. The maximum atomic E-state index is 11.6. The largest absolute Gasteiger partial charge is 0.508 e. The predicted molar refractivity (Wildman–Crippen MR) is 53.7 cm³/mol. The van der Waals surface area contributed by atoms with E-state index in [0.717, 1.165) is 0 Å². The number of sulfonamides is 1. The molecule has 0 aliphatic rings. The van der Waals surface area contributed by atoms with Crippen LogP contribution in [0.4, 0.5) is 0 Å². The maximum absolute atomic E-state index is 11.6. The van der Waals surface area contributed by atoms with E-state index < -0.39 is 10.0 Å². The Labute approximate surface area is 83.6 Å². The zero-order valence-electron chi connectivity index (χ0n) is 8.11. The molecule has 0 bridgehead atoms. The van der Waals surface area contributed by atoms with Crippen molar-refractivity contribution in [1.29, 1.82) is 0 Å². The lowest BCUT2D eigenvalue weighted by Crippen LogP contribution is -2.23. The number of phenolic OH excluding ortho intramolecular Hbond substituents is 1. The van der Waals surface area contributed by atoms with Crippen LogP contribution in [0.2, 0.25) is 0 Å². The van der Waals surface area contributed by atoms with Crippen LogP contribution in [-0.4, -0.2) is 20.1 Å². The van der Waals surface area contributed by atoms with Crippen molar-refractivity contribution in [3.63, 3.8) is 0 Å². The third-order valence-corrected chi connectivity index (χ3v) is 3.49. The quantitative estimate of drug-likeness (QED) is 0.790. The van der Waals surface area contributed by atoms with Gasteiger partial charge in [-0.3, -0.25) is 0 Å². The topological polar surface area (TPSA) is 66.4 Å². The minimum Gasteiger partial charge on any atom is -0.508 e. The van der Waals surface area contributed by atoms with E-state index >= 15 is 0 Å². The van der Waals surface area contributed by atoms with Crippen LogP contribution in [0, 0.1) is 6.92 Å². The average molecular weight is 215 g/mol. The van der Waals surface area contributed by atoms with Gasteiger partial charge in [-0.05, 0) is 30.7 Å². The molecule has 0 aliphatic carbocycles. The van der Waals surface area contributed by atoms with E-state index in [1.807, 2.05) is 0 Å². The molecule has 5 heteroatoms. The second kappa shape index (κ2) is 3.98. The van der Waals surface area contributed by atoms with Crippen LogP contribution in [0.1, 0.15) is 12.5 Å². The fourth-order valence-electron chi connectivity index (χ4n) is 1.20. The predicted octanol–water partition coefficient (Wildman–Crippen LogP) is 0.999. The van der Waals surface area contributed by atoms with E-state index in [2.05, 4.69) is 4.72 Å². The lowest BCUT2D eigenvalue weighted by molar-refractivity contribution is 0.474. The molecule has 0 unspecified atom stereocenters. The summed E-state index contributed by atoms with van der Waals surface area (Å²) in [7, 11) is -3.42. The van der Waals surface area contributed by atoms with Crippen LogP contribution >= 0.6 is 0 Å². The van der Waals surface area contributed by atoms with Gasteiger partial charge in [0.05, 0.1) is 4.90 Å². The van der Waals surface area contributed by atoms with Crippen molar-refractivity contribution in [2.75, 3.05) is 6.54 Å². The summed E-state index contributed by atoms with van der Waals surface area (Å²) in [5.41, 5.74) is 0.533. The molecule has 0 aliphatic heterocycles. The van der Waals surface area contributed by atoms with Crippen molar-refractivity contribution in [2.24, 2.45) is 0 Å². The minimum absolute atomic E-state index is 0.0675. The van der Waals surface area contributed by atoms with Crippen LogP contribution < -0.4 is 4.72 Å². The van der Waals surface area contributed by atoms with Gasteiger partial charge in [-0.1, -0.05) is 6.92 Å². The highest BCUT2D eigenvalue weighted by Crippen LogP contribution is 2.19. The lowest BCUT2D eigenvalue weighted by Gasteiger charge is -2.07. The highest BCUT2D eigenvalue weighted by Gasteiger charge is 2.15. The van der Waals surface area contributed by atoms with Gasteiger partial charge in [0.1, 0.15) is 5.75 Å². The van der Waals surface area contributed by atoms with Crippen LogP contribution in [0.25, 0.3) is 0 Å². The number of aromatic hydroxyl groups is 1. The summed E-state index contributed by atoms with van der Waals surface area (Å²) in [4.78, 5) is 0.206. The Morgan fingerprint density at radius 2 is 2.07 bits per heavy atom. The summed E-state index contributed by atoms with van der Waals surface area (Å²) in [6.45, 7) is 3.71. The molecule has 1 aromatic carbocycles. The third kappa shape index (κ3) is 2.24. The zero-order chi connectivity index (χ0) is 10.8. The molecular weight excluding hydrogens is 202 g/mol. The number of nitrogens with one attached hydrogen (secondary N) is 1. The molecule has 0 saturated carbocycles. The first-order valence-corrected chi connectivity index (χ1v) is 5.75. The fraction of sp³-hybridized carbons (Fsp3) is 0.333. The van der Waals surface area contributed by atoms with Gasteiger partial charge >= 0.3 is 0 Å². The Hall–Kier alpha value is -1.07. The molecule has 2 N–H and O–H groups in total. The monoisotopic (exact) mass is 215 g/mol. The highest BCUT2D eigenvalue weighted by molar-refractivity contribution is 7.89. The molecule has 0 heterocycles. The van der Waals surface area contributed by atoms with E-state index in [1.54, 1.807) is 13.8 Å². The lowest BCUT2D eigenvalue weighted by atomic mass is 10.2. The van der Waals surface area contributed by atoms with Gasteiger partial charge in [-0.2, -0.15) is 0 Å². The molecule has 14 heavy (non-hydrogen) atoms. The van der Waals surface area contributed by atoms with Crippen LogP contribution in [-0.2, 0) is 10.0 Å². The number of hydrogen-bond donors (Lipinski definition) is 2. The van der Waals surface area contributed by atoms with Crippen molar-refractivity contribution in [1.82, 2.24) is 4.72 Å². The van der Waals surface area contributed by atoms with Gasteiger partial charge in [0.25, 0.3) is 0 Å². The second-order valence-electron chi connectivity index (χ2n) is 2.95. The molecule has 0 atom stereocenters. The Kier molecular flexibility index (Phi) is 3.13. The van der Waals surface area contributed by atoms with E-state index in [9.17, 15) is 8.42 Å². The van der Waals surface area contributed by atoms with Crippen molar-refractivity contribution < 1.29 is 13.5 Å². The van der Waals surface area contributed by atoms with Crippen LogP contribution in [0.15, 0.2) is 23.1 Å². The first kappa shape index (κ1) is 11.0. The molecular formula is C9H13NO3S. The van der Waals surface area contributed by atoms with Gasteiger partial charge in [0.2, 0.25) is 10.0 Å². The van der Waals surface area contributed by atoms with Gasteiger partial charge in [0, 0.05) is 6.54 Å². The highest BCUT2D eigenvalue weighted by atomic mass is 32.2. The smallest absolute Gasteiger partial charge is 0.240 e. The van der Waals surface area contributed by atoms with Crippen LogP contribution in [0.3, 0.4) is 0 Å². The number of rotatable bonds is 3. The molecule has 1 aromatic rings. The molecule has 0 saturated heterocycles. The average Bonchev–Trinajstić information content (AvgIpc) is 2.02. The molecule has 78 valence electrons. The number of benzene rings is 1. The summed E-state index contributed by atoms with van der Waals surface area (Å²) in [6.07, 6.45) is 0. The van der Waals surface area contributed by atoms with Crippen molar-refractivity contribution >= 4 is 10.0 Å². The summed E-state index contributed by atoms with van der Waals surface area (Å²) in [5, 5.41) is 9.12. The van der Waals surface area contributed by atoms with E-state index in [0.29, 0.717) is 12.1 Å². The van der Waals surface area contributed by atoms with Crippen molar-refractivity contribution in [3.8, 4) is 5.75 Å². The Morgan fingerprint density at radius 1 is 1.43 bits per heavy atom. The van der Waals surface area contributed by atoms with Gasteiger partial charge < -0.3 is 5.11 Å². The third-order valence-electron chi connectivity index (χ3n) is 1.78. The fourth-order valence-corrected chi connectivity index (χ4v) is 2.47. The Bertz CT molecular complexity index is 426. The number of hydrogen-bond acceptors (Lipinski definition) is 3. The molecule has 0 fully saturated rings. The SMILES string of the molecule is CCNS(=O)(=O)c1ccc(O)cc1C. The Morgan fingerprint density at radius 3 is 2.57 bits per heavy atom. The molecule has 1 rings (SSSR count). The first-order chi connectivity index (χ1) is 6.47. The Balaban J connectivity index is 3.20. The second-order valence-corrected chi connectivity index (χ2v) is 4.69. The van der Waals surface area contributed by atoms with Gasteiger partial charge in [-0.25, -0.2) is 13.1 Å². The molecule has 0 aromatic heterocycles. The van der Waals surface area contributed by atoms with E-state index in [-0.39, 0.29) is 10.6 Å². The normalized spacial score (nSPS) is 11.6. The molecule has 0 spiro atoms. The van der Waals surface area contributed by atoms with E-state index in [4.69, 9.17) is 5.11 Å². The first-order valence-electron chi connectivity index (χ1n) is 4.26. The maximum Gasteiger partial charge on any atom is 0.240 e. The molecule has 4 nitrogen and oxygen atoms in total. The molecule has 0 amide bonds. The van der Waals surface area contributed by atoms with E-state index in [1.165, 1.54) is 18.2 Å². The zero-order valence-corrected chi connectivity index (χ0v) is 8.93. The van der Waals surface area contributed by atoms with Gasteiger partial charge in [-0.15, -0.1) is 0 Å².